The van der Waals surface area contributed by atoms with Gasteiger partial charge in [-0.15, -0.1) is 0 Å². The average molecular weight is 452 g/mol. The number of methoxy groups -OCH3 is 1. The molecule has 1 saturated heterocycles. The van der Waals surface area contributed by atoms with Crippen molar-refractivity contribution in [1.82, 2.24) is 4.90 Å². The van der Waals surface area contributed by atoms with Gasteiger partial charge in [0.2, 0.25) is 0 Å². The number of rotatable bonds is 6. The van der Waals surface area contributed by atoms with E-state index in [4.69, 9.17) is 4.74 Å². The molecule has 34 heavy (non-hydrogen) atoms. The number of anilines is 2. The number of carbonyl (C=O) groups is 1. The Balaban J connectivity index is 1.21. The number of piperazine rings is 1. The van der Waals surface area contributed by atoms with Crippen LogP contribution in [0.1, 0.15) is 15.9 Å². The molecule has 0 aliphatic carbocycles. The van der Waals surface area contributed by atoms with Crippen LogP contribution in [0, 0.1) is 0 Å². The smallest absolute Gasteiger partial charge is 0.259 e. The lowest BCUT2D eigenvalue weighted by molar-refractivity contribution is 0.102. The molecule has 172 valence electrons. The van der Waals surface area contributed by atoms with E-state index in [1.54, 1.807) is 7.11 Å². The Morgan fingerprint density at radius 1 is 0.824 bits per heavy atom. The van der Waals surface area contributed by atoms with E-state index in [1.165, 1.54) is 11.3 Å². The van der Waals surface area contributed by atoms with Gasteiger partial charge in [-0.25, -0.2) is 0 Å². The molecular formula is C29H29N3O2. The van der Waals surface area contributed by atoms with Gasteiger partial charge in [-0.1, -0.05) is 54.6 Å². The van der Waals surface area contributed by atoms with E-state index >= 15 is 0 Å². The Hall–Kier alpha value is -3.83. The first-order valence-electron chi connectivity index (χ1n) is 11.7. The van der Waals surface area contributed by atoms with Crippen LogP contribution in [0.5, 0.6) is 5.75 Å². The molecule has 1 heterocycles. The molecule has 0 bridgehead atoms. The Morgan fingerprint density at radius 2 is 1.47 bits per heavy atom. The summed E-state index contributed by atoms with van der Waals surface area (Å²) >= 11 is 0. The third-order valence-corrected chi connectivity index (χ3v) is 6.42. The van der Waals surface area contributed by atoms with Crippen LogP contribution in [0.25, 0.3) is 10.8 Å². The number of hydrogen-bond donors (Lipinski definition) is 1. The van der Waals surface area contributed by atoms with E-state index in [9.17, 15) is 4.79 Å². The minimum Gasteiger partial charge on any atom is -0.496 e. The van der Waals surface area contributed by atoms with E-state index in [1.807, 2.05) is 48.5 Å². The molecule has 0 radical (unpaired) electrons. The van der Waals surface area contributed by atoms with Crippen molar-refractivity contribution in [3.8, 4) is 5.75 Å². The maximum Gasteiger partial charge on any atom is 0.259 e. The third-order valence-electron chi connectivity index (χ3n) is 6.42. The fourth-order valence-electron chi connectivity index (χ4n) is 4.53. The molecule has 0 atom stereocenters. The summed E-state index contributed by atoms with van der Waals surface area (Å²) < 4.78 is 5.49. The van der Waals surface area contributed by atoms with Crippen LogP contribution in [-0.4, -0.2) is 44.1 Å². The topological polar surface area (TPSA) is 44.8 Å². The zero-order valence-electron chi connectivity index (χ0n) is 19.4. The van der Waals surface area contributed by atoms with Crippen LogP contribution in [0.15, 0.2) is 91.0 Å². The SMILES string of the molecule is COc1cc2ccccc2cc1C(=O)Nc1ccc(N2CCN(Cc3ccccc3)CC2)cc1. The van der Waals surface area contributed by atoms with Crippen LogP contribution in [0.4, 0.5) is 11.4 Å². The summed E-state index contributed by atoms with van der Waals surface area (Å²) in [6, 6.07) is 30.5. The van der Waals surface area contributed by atoms with Crippen molar-refractivity contribution in [2.24, 2.45) is 0 Å². The van der Waals surface area contributed by atoms with Crippen molar-refractivity contribution in [2.75, 3.05) is 43.5 Å². The average Bonchev–Trinajstić information content (AvgIpc) is 2.89. The molecular weight excluding hydrogens is 422 g/mol. The zero-order valence-corrected chi connectivity index (χ0v) is 19.4. The lowest BCUT2D eigenvalue weighted by atomic mass is 10.1. The highest BCUT2D eigenvalue weighted by molar-refractivity contribution is 6.08. The molecule has 1 amide bonds. The molecule has 1 N–H and O–H groups in total. The van der Waals surface area contributed by atoms with E-state index in [2.05, 4.69) is 57.6 Å². The standard InChI is InChI=1S/C29H29N3O2/c1-34-28-20-24-10-6-5-9-23(24)19-27(28)29(33)30-25-11-13-26(14-12-25)32-17-15-31(16-18-32)21-22-7-3-2-4-8-22/h2-14,19-20H,15-18,21H2,1H3,(H,30,33). The van der Waals surface area contributed by atoms with E-state index < -0.39 is 0 Å². The summed E-state index contributed by atoms with van der Waals surface area (Å²) in [7, 11) is 1.59. The molecule has 4 aromatic rings. The summed E-state index contributed by atoms with van der Waals surface area (Å²) in [5.41, 5.74) is 3.84. The first kappa shape index (κ1) is 22.0. The number of carbonyl (C=O) groups excluding carboxylic acids is 1. The van der Waals surface area contributed by atoms with Crippen molar-refractivity contribution in [3.63, 3.8) is 0 Å². The van der Waals surface area contributed by atoms with Crippen molar-refractivity contribution >= 4 is 28.1 Å². The van der Waals surface area contributed by atoms with Crippen LogP contribution in [0.3, 0.4) is 0 Å². The molecule has 1 aliphatic rings. The van der Waals surface area contributed by atoms with Gasteiger partial charge in [0.1, 0.15) is 5.75 Å². The van der Waals surface area contributed by atoms with Gasteiger partial charge in [0.15, 0.2) is 0 Å². The summed E-state index contributed by atoms with van der Waals surface area (Å²) in [6.07, 6.45) is 0. The van der Waals surface area contributed by atoms with Crippen LogP contribution < -0.4 is 15.0 Å². The van der Waals surface area contributed by atoms with E-state index in [0.717, 1.165) is 49.2 Å². The quantitative estimate of drug-likeness (QED) is 0.425. The molecule has 0 aromatic heterocycles. The highest BCUT2D eigenvalue weighted by Crippen LogP contribution is 2.27. The van der Waals surface area contributed by atoms with Gasteiger partial charge in [-0.2, -0.15) is 0 Å². The minimum absolute atomic E-state index is 0.176. The van der Waals surface area contributed by atoms with Crippen molar-refractivity contribution in [1.29, 1.82) is 0 Å². The molecule has 5 nitrogen and oxygen atoms in total. The molecule has 1 fully saturated rings. The molecule has 5 rings (SSSR count). The number of ether oxygens (including phenoxy) is 1. The highest BCUT2D eigenvalue weighted by atomic mass is 16.5. The monoisotopic (exact) mass is 451 g/mol. The fraction of sp³-hybridized carbons (Fsp3) is 0.207. The maximum atomic E-state index is 13.0. The van der Waals surface area contributed by atoms with Gasteiger partial charge in [0.05, 0.1) is 12.7 Å². The summed E-state index contributed by atoms with van der Waals surface area (Å²) in [5, 5.41) is 5.07. The lowest BCUT2D eigenvalue weighted by Crippen LogP contribution is -2.45. The minimum atomic E-state index is -0.176. The predicted octanol–water partition coefficient (Wildman–Crippen LogP) is 5.42. The third kappa shape index (κ3) is 4.90. The molecule has 1 aliphatic heterocycles. The van der Waals surface area contributed by atoms with Crippen LogP contribution in [0.2, 0.25) is 0 Å². The molecule has 0 saturated carbocycles. The second kappa shape index (κ2) is 9.98. The van der Waals surface area contributed by atoms with Gasteiger partial charge >= 0.3 is 0 Å². The van der Waals surface area contributed by atoms with Crippen molar-refractivity contribution in [2.45, 2.75) is 6.54 Å². The first-order chi connectivity index (χ1) is 16.7. The largest absolute Gasteiger partial charge is 0.496 e. The van der Waals surface area contributed by atoms with Crippen LogP contribution >= 0.6 is 0 Å². The number of hydrogen-bond acceptors (Lipinski definition) is 4. The number of nitrogens with one attached hydrogen (secondary N) is 1. The summed E-state index contributed by atoms with van der Waals surface area (Å²) in [6.45, 7) is 5.06. The maximum absolute atomic E-state index is 13.0. The van der Waals surface area contributed by atoms with Gasteiger partial charge in [0.25, 0.3) is 5.91 Å². The van der Waals surface area contributed by atoms with Crippen molar-refractivity contribution in [3.05, 3.63) is 102 Å². The fourth-order valence-corrected chi connectivity index (χ4v) is 4.53. The molecule has 0 spiro atoms. The number of nitrogens with zero attached hydrogens (tertiary/aromatic N) is 2. The normalized spacial score (nSPS) is 14.2. The van der Waals surface area contributed by atoms with E-state index in [-0.39, 0.29) is 5.91 Å². The molecule has 0 unspecified atom stereocenters. The summed E-state index contributed by atoms with van der Waals surface area (Å²) in [5.74, 6) is 0.395. The molecule has 4 aromatic carbocycles. The van der Waals surface area contributed by atoms with E-state index in [0.29, 0.717) is 11.3 Å². The second-order valence-electron chi connectivity index (χ2n) is 8.65. The Labute approximate surface area is 200 Å². The number of amides is 1. The van der Waals surface area contributed by atoms with Gasteiger partial charge in [0, 0.05) is 44.1 Å². The Morgan fingerprint density at radius 3 is 2.15 bits per heavy atom. The first-order valence-corrected chi connectivity index (χ1v) is 11.7. The zero-order chi connectivity index (χ0) is 23.3. The second-order valence-corrected chi connectivity index (χ2v) is 8.65. The number of benzene rings is 4. The highest BCUT2D eigenvalue weighted by Gasteiger charge is 2.18. The Bertz CT molecular complexity index is 1260. The van der Waals surface area contributed by atoms with Gasteiger partial charge in [-0.3, -0.25) is 9.69 Å². The van der Waals surface area contributed by atoms with Crippen LogP contribution in [-0.2, 0) is 6.54 Å². The molecule has 5 heteroatoms. The predicted molar refractivity (Wildman–Crippen MR) is 139 cm³/mol. The lowest BCUT2D eigenvalue weighted by Gasteiger charge is -2.36. The van der Waals surface area contributed by atoms with Crippen molar-refractivity contribution < 1.29 is 9.53 Å². The Kier molecular flexibility index (Phi) is 6.45. The van der Waals surface area contributed by atoms with Gasteiger partial charge in [-0.05, 0) is 52.7 Å². The summed E-state index contributed by atoms with van der Waals surface area (Å²) in [4.78, 5) is 17.9. The van der Waals surface area contributed by atoms with Gasteiger partial charge < -0.3 is 15.0 Å². The number of fused-ring (bicyclic) bond motifs is 1.